The van der Waals surface area contributed by atoms with Gasteiger partial charge >= 0.3 is 0 Å². The normalized spacial score (nSPS) is 30.9. The molecule has 0 amide bonds. The third-order valence-corrected chi connectivity index (χ3v) is 3.11. The highest BCUT2D eigenvalue weighted by molar-refractivity contribution is 5.12. The summed E-state index contributed by atoms with van der Waals surface area (Å²) < 4.78 is 7.50. The Hall–Kier alpha value is -0.940. The molecular formula is C9H14N4O. The lowest BCUT2D eigenvalue weighted by atomic mass is 9.99. The number of fused-ring (bicyclic) bond motifs is 1. The summed E-state index contributed by atoms with van der Waals surface area (Å²) in [6.45, 7) is 2.32. The van der Waals surface area contributed by atoms with E-state index in [2.05, 4.69) is 14.8 Å². The van der Waals surface area contributed by atoms with Gasteiger partial charge in [-0.25, -0.2) is 0 Å². The van der Waals surface area contributed by atoms with E-state index in [1.165, 1.54) is 0 Å². The second kappa shape index (κ2) is 2.77. The van der Waals surface area contributed by atoms with Crippen LogP contribution in [0.15, 0.2) is 0 Å². The Morgan fingerprint density at radius 2 is 2.36 bits per heavy atom. The Kier molecular flexibility index (Phi) is 1.66. The van der Waals surface area contributed by atoms with Crippen molar-refractivity contribution in [2.45, 2.75) is 31.3 Å². The third kappa shape index (κ3) is 1.02. The zero-order chi connectivity index (χ0) is 9.60. The maximum absolute atomic E-state index is 6.25. The van der Waals surface area contributed by atoms with Crippen LogP contribution < -0.4 is 5.73 Å². The van der Waals surface area contributed by atoms with Crippen LogP contribution in [0.1, 0.15) is 24.5 Å². The second-order valence-corrected chi connectivity index (χ2v) is 4.15. The summed E-state index contributed by atoms with van der Waals surface area (Å²) in [7, 11) is 0. The number of nitrogens with two attached hydrogens (primary N) is 1. The van der Waals surface area contributed by atoms with Crippen molar-refractivity contribution < 1.29 is 4.74 Å². The lowest BCUT2D eigenvalue weighted by Gasteiger charge is -2.20. The molecule has 1 unspecified atom stereocenters. The van der Waals surface area contributed by atoms with Gasteiger partial charge in [-0.3, -0.25) is 0 Å². The molecule has 1 saturated heterocycles. The van der Waals surface area contributed by atoms with Crippen molar-refractivity contribution in [2.24, 2.45) is 5.73 Å². The van der Waals surface area contributed by atoms with Crippen molar-refractivity contribution in [3.63, 3.8) is 0 Å². The van der Waals surface area contributed by atoms with Crippen LogP contribution in [-0.4, -0.2) is 28.0 Å². The van der Waals surface area contributed by atoms with Crippen LogP contribution in [-0.2, 0) is 23.2 Å². The molecule has 5 heteroatoms. The van der Waals surface area contributed by atoms with Gasteiger partial charge in [0.1, 0.15) is 11.4 Å². The van der Waals surface area contributed by atoms with Crippen molar-refractivity contribution in [1.29, 1.82) is 0 Å². The summed E-state index contributed by atoms with van der Waals surface area (Å²) >= 11 is 0. The molecule has 0 saturated carbocycles. The summed E-state index contributed by atoms with van der Waals surface area (Å²) in [6, 6.07) is 0. The molecule has 2 N–H and O–H groups in total. The molecule has 1 aromatic rings. The van der Waals surface area contributed by atoms with Crippen LogP contribution in [0.3, 0.4) is 0 Å². The molecule has 0 bridgehead atoms. The SMILES string of the molecule is NC1(c2nnc3n2CCC3)CCOC1. The maximum Gasteiger partial charge on any atom is 0.155 e. The molecule has 1 aromatic heterocycles. The monoisotopic (exact) mass is 194 g/mol. The largest absolute Gasteiger partial charge is 0.379 e. The van der Waals surface area contributed by atoms with Gasteiger partial charge in [0.25, 0.3) is 0 Å². The molecule has 2 aliphatic rings. The van der Waals surface area contributed by atoms with Gasteiger partial charge in [-0.05, 0) is 12.8 Å². The minimum absolute atomic E-state index is 0.393. The summed E-state index contributed by atoms with van der Waals surface area (Å²) in [5, 5.41) is 8.36. The maximum atomic E-state index is 6.25. The van der Waals surface area contributed by atoms with Gasteiger partial charge in [0.15, 0.2) is 5.82 Å². The fraction of sp³-hybridized carbons (Fsp3) is 0.778. The number of rotatable bonds is 1. The van der Waals surface area contributed by atoms with Gasteiger partial charge in [0.05, 0.1) is 6.61 Å². The zero-order valence-corrected chi connectivity index (χ0v) is 8.07. The number of aryl methyl sites for hydroxylation is 1. The molecule has 1 atom stereocenters. The highest BCUT2D eigenvalue weighted by Gasteiger charge is 2.38. The summed E-state index contributed by atoms with van der Waals surface area (Å²) in [5.41, 5.74) is 5.86. The fourth-order valence-electron chi connectivity index (χ4n) is 2.28. The van der Waals surface area contributed by atoms with E-state index in [0.717, 1.165) is 44.1 Å². The first-order valence-electron chi connectivity index (χ1n) is 5.09. The minimum atomic E-state index is -0.393. The predicted octanol–water partition coefficient (Wildman–Crippen LogP) is -0.201. The van der Waals surface area contributed by atoms with Crippen molar-refractivity contribution in [1.82, 2.24) is 14.8 Å². The Morgan fingerprint density at radius 1 is 1.43 bits per heavy atom. The van der Waals surface area contributed by atoms with Gasteiger partial charge in [-0.15, -0.1) is 10.2 Å². The molecule has 0 radical (unpaired) electrons. The fourth-order valence-corrected chi connectivity index (χ4v) is 2.28. The van der Waals surface area contributed by atoms with Crippen molar-refractivity contribution in [3.8, 4) is 0 Å². The van der Waals surface area contributed by atoms with Crippen LogP contribution in [0.4, 0.5) is 0 Å². The highest BCUT2D eigenvalue weighted by atomic mass is 16.5. The first-order chi connectivity index (χ1) is 6.80. The zero-order valence-electron chi connectivity index (χ0n) is 8.07. The predicted molar refractivity (Wildman–Crippen MR) is 49.6 cm³/mol. The summed E-state index contributed by atoms with van der Waals surface area (Å²) in [4.78, 5) is 0. The van der Waals surface area contributed by atoms with E-state index < -0.39 is 5.54 Å². The van der Waals surface area contributed by atoms with Crippen molar-refractivity contribution in [3.05, 3.63) is 11.6 Å². The third-order valence-electron chi connectivity index (χ3n) is 3.11. The Bertz CT molecular complexity index is 354. The molecule has 1 fully saturated rings. The van der Waals surface area contributed by atoms with Gasteiger partial charge in [0.2, 0.25) is 0 Å². The van der Waals surface area contributed by atoms with E-state index in [1.807, 2.05) is 0 Å². The average Bonchev–Trinajstić information content (AvgIpc) is 2.76. The van der Waals surface area contributed by atoms with Crippen LogP contribution >= 0.6 is 0 Å². The lowest BCUT2D eigenvalue weighted by Crippen LogP contribution is -2.40. The number of hydrogen-bond acceptors (Lipinski definition) is 4. The molecule has 3 rings (SSSR count). The molecule has 5 nitrogen and oxygen atoms in total. The van der Waals surface area contributed by atoms with E-state index in [4.69, 9.17) is 10.5 Å². The molecule has 14 heavy (non-hydrogen) atoms. The van der Waals surface area contributed by atoms with E-state index in [-0.39, 0.29) is 0 Å². The Balaban J connectivity index is 2.03. The van der Waals surface area contributed by atoms with E-state index in [9.17, 15) is 0 Å². The summed E-state index contributed by atoms with van der Waals surface area (Å²) in [6.07, 6.45) is 3.05. The first kappa shape index (κ1) is 8.38. The number of aromatic nitrogens is 3. The van der Waals surface area contributed by atoms with Crippen molar-refractivity contribution >= 4 is 0 Å². The number of hydrogen-bond donors (Lipinski definition) is 1. The van der Waals surface area contributed by atoms with Crippen LogP contribution in [0.25, 0.3) is 0 Å². The van der Waals surface area contributed by atoms with Gasteiger partial charge in [-0.2, -0.15) is 0 Å². The van der Waals surface area contributed by atoms with Gasteiger partial charge in [0, 0.05) is 19.6 Å². The van der Waals surface area contributed by atoms with Crippen LogP contribution in [0.2, 0.25) is 0 Å². The lowest BCUT2D eigenvalue weighted by molar-refractivity contribution is 0.175. The first-order valence-corrected chi connectivity index (χ1v) is 5.09. The standard InChI is InChI=1S/C9H14N4O/c10-9(3-5-14-6-9)8-12-11-7-2-1-4-13(7)8/h1-6,10H2. The average molecular weight is 194 g/mol. The van der Waals surface area contributed by atoms with Crippen molar-refractivity contribution in [2.75, 3.05) is 13.2 Å². The van der Waals surface area contributed by atoms with E-state index in [1.54, 1.807) is 0 Å². The minimum Gasteiger partial charge on any atom is -0.379 e. The number of ether oxygens (including phenoxy) is 1. The molecule has 0 aliphatic carbocycles. The molecule has 2 aliphatic heterocycles. The Morgan fingerprint density at radius 3 is 3.14 bits per heavy atom. The molecule has 3 heterocycles. The quantitative estimate of drug-likeness (QED) is 0.672. The second-order valence-electron chi connectivity index (χ2n) is 4.15. The molecule has 0 spiro atoms. The number of nitrogens with zero attached hydrogens (tertiary/aromatic N) is 3. The molecule has 0 aromatic carbocycles. The van der Waals surface area contributed by atoms with Crippen LogP contribution in [0, 0.1) is 0 Å². The van der Waals surface area contributed by atoms with Gasteiger partial charge < -0.3 is 15.0 Å². The topological polar surface area (TPSA) is 66.0 Å². The van der Waals surface area contributed by atoms with E-state index >= 15 is 0 Å². The molecular weight excluding hydrogens is 180 g/mol. The molecule has 76 valence electrons. The highest BCUT2D eigenvalue weighted by Crippen LogP contribution is 2.28. The Labute approximate surface area is 82.3 Å². The van der Waals surface area contributed by atoms with Crippen LogP contribution in [0.5, 0.6) is 0 Å². The smallest absolute Gasteiger partial charge is 0.155 e. The summed E-state index contributed by atoms with van der Waals surface area (Å²) in [5.74, 6) is 2.00. The van der Waals surface area contributed by atoms with Gasteiger partial charge in [-0.1, -0.05) is 0 Å². The van der Waals surface area contributed by atoms with E-state index in [0.29, 0.717) is 6.61 Å².